The number of alkyl halides is 3. The first kappa shape index (κ1) is 15.1. The summed E-state index contributed by atoms with van der Waals surface area (Å²) in [5.41, 5.74) is -0.415. The Morgan fingerprint density at radius 2 is 1.43 bits per heavy atom. The number of carbonyl (C=O) groups is 1. The molecule has 0 bridgehead atoms. The van der Waals surface area contributed by atoms with Crippen molar-refractivity contribution >= 4 is 11.5 Å². The Morgan fingerprint density at radius 1 is 0.905 bits per heavy atom. The highest BCUT2D eigenvalue weighted by Crippen LogP contribution is 2.33. The highest BCUT2D eigenvalue weighted by Gasteiger charge is 2.35. The van der Waals surface area contributed by atoms with E-state index >= 15 is 0 Å². The average Bonchev–Trinajstić information content (AvgIpc) is 2.45. The molecule has 110 valence electrons. The molecule has 0 aliphatic carbocycles. The lowest BCUT2D eigenvalue weighted by atomic mass is 9.96. The minimum atomic E-state index is -4.56. The lowest BCUT2D eigenvalue weighted by Crippen LogP contribution is -2.17. The van der Waals surface area contributed by atoms with Crippen LogP contribution in [-0.4, -0.2) is 19.9 Å². The van der Waals surface area contributed by atoms with Crippen molar-refractivity contribution in [3.05, 3.63) is 65.2 Å². The van der Waals surface area contributed by atoms with Crippen LogP contribution < -0.4 is 4.90 Å². The Morgan fingerprint density at radius 3 is 2.00 bits per heavy atom. The summed E-state index contributed by atoms with van der Waals surface area (Å²) >= 11 is 0. The molecular weight excluding hydrogens is 279 g/mol. The van der Waals surface area contributed by atoms with E-state index in [2.05, 4.69) is 0 Å². The lowest BCUT2D eigenvalue weighted by molar-refractivity contribution is -0.137. The first-order valence-electron chi connectivity index (χ1n) is 6.29. The Balaban J connectivity index is 2.57. The van der Waals surface area contributed by atoms with Crippen LogP contribution >= 0.6 is 0 Å². The second kappa shape index (κ2) is 5.60. The van der Waals surface area contributed by atoms with Crippen molar-refractivity contribution in [2.45, 2.75) is 6.18 Å². The largest absolute Gasteiger partial charge is 0.417 e. The van der Waals surface area contributed by atoms with E-state index < -0.39 is 17.5 Å². The fourth-order valence-corrected chi connectivity index (χ4v) is 2.13. The van der Waals surface area contributed by atoms with Crippen LogP contribution in [0.2, 0.25) is 0 Å². The van der Waals surface area contributed by atoms with Crippen molar-refractivity contribution < 1.29 is 18.0 Å². The van der Waals surface area contributed by atoms with Gasteiger partial charge in [0.1, 0.15) is 0 Å². The molecular formula is C16H14F3NO. The third kappa shape index (κ3) is 3.07. The molecule has 2 rings (SSSR count). The highest BCUT2D eigenvalue weighted by molar-refractivity contribution is 6.13. The summed E-state index contributed by atoms with van der Waals surface area (Å²) in [6, 6.07) is 11.4. The van der Waals surface area contributed by atoms with Gasteiger partial charge in [-0.25, -0.2) is 0 Å². The van der Waals surface area contributed by atoms with Crippen molar-refractivity contribution in [2.75, 3.05) is 19.0 Å². The van der Waals surface area contributed by atoms with E-state index in [1.807, 2.05) is 0 Å². The maximum atomic E-state index is 13.0. The lowest BCUT2D eigenvalue weighted by Gasteiger charge is -2.18. The van der Waals surface area contributed by atoms with Crippen LogP contribution in [0, 0.1) is 0 Å². The molecule has 2 aromatic rings. The first-order valence-corrected chi connectivity index (χ1v) is 6.29. The Kier molecular flexibility index (Phi) is 4.02. The molecule has 0 unspecified atom stereocenters. The highest BCUT2D eigenvalue weighted by atomic mass is 19.4. The van der Waals surface area contributed by atoms with Crippen LogP contribution in [0.3, 0.4) is 0 Å². The molecule has 0 aliphatic heterocycles. The molecule has 0 fully saturated rings. The topological polar surface area (TPSA) is 20.3 Å². The van der Waals surface area contributed by atoms with E-state index in [9.17, 15) is 18.0 Å². The van der Waals surface area contributed by atoms with Gasteiger partial charge in [-0.05, 0) is 18.2 Å². The normalized spacial score (nSPS) is 11.3. The van der Waals surface area contributed by atoms with Gasteiger partial charge >= 0.3 is 6.18 Å². The number of nitrogens with zero attached hydrogens (tertiary/aromatic N) is 1. The van der Waals surface area contributed by atoms with Crippen molar-refractivity contribution in [3.63, 3.8) is 0 Å². The molecule has 0 saturated heterocycles. The maximum Gasteiger partial charge on any atom is 0.417 e. The number of hydrogen-bond donors (Lipinski definition) is 0. The quantitative estimate of drug-likeness (QED) is 0.797. The van der Waals surface area contributed by atoms with Gasteiger partial charge in [-0.3, -0.25) is 4.79 Å². The van der Waals surface area contributed by atoms with Crippen LogP contribution in [0.25, 0.3) is 0 Å². The average molecular weight is 293 g/mol. The number of benzene rings is 2. The van der Waals surface area contributed by atoms with Crippen molar-refractivity contribution in [1.29, 1.82) is 0 Å². The van der Waals surface area contributed by atoms with Gasteiger partial charge in [-0.15, -0.1) is 0 Å². The monoisotopic (exact) mass is 293 g/mol. The van der Waals surface area contributed by atoms with Gasteiger partial charge in [0, 0.05) is 30.9 Å². The number of rotatable bonds is 3. The zero-order valence-corrected chi connectivity index (χ0v) is 11.6. The fourth-order valence-electron chi connectivity index (χ4n) is 2.13. The molecule has 2 aromatic carbocycles. The summed E-state index contributed by atoms with van der Waals surface area (Å²) < 4.78 is 39.1. The van der Waals surface area contributed by atoms with E-state index in [1.165, 1.54) is 24.3 Å². The predicted octanol–water partition coefficient (Wildman–Crippen LogP) is 4.00. The molecule has 0 N–H and O–H groups in total. The maximum absolute atomic E-state index is 13.0. The third-order valence-corrected chi connectivity index (χ3v) is 3.11. The summed E-state index contributed by atoms with van der Waals surface area (Å²) in [7, 11) is 3.48. The van der Waals surface area contributed by atoms with Gasteiger partial charge in [-0.2, -0.15) is 13.2 Å². The number of para-hydroxylation sites is 1. The molecule has 0 atom stereocenters. The zero-order valence-electron chi connectivity index (χ0n) is 11.6. The van der Waals surface area contributed by atoms with Gasteiger partial charge < -0.3 is 4.90 Å². The van der Waals surface area contributed by atoms with Crippen LogP contribution in [0.1, 0.15) is 21.5 Å². The Hall–Kier alpha value is -2.30. The van der Waals surface area contributed by atoms with Crippen LogP contribution in [-0.2, 0) is 6.18 Å². The summed E-state index contributed by atoms with van der Waals surface area (Å²) in [6.07, 6.45) is -4.56. The fraction of sp³-hybridized carbons (Fsp3) is 0.188. The Bertz CT molecular complexity index is 663. The molecule has 0 saturated carbocycles. The van der Waals surface area contributed by atoms with Crippen molar-refractivity contribution in [2.24, 2.45) is 0 Å². The molecule has 0 aromatic heterocycles. The minimum Gasteiger partial charge on any atom is -0.377 e. The molecule has 0 spiro atoms. The SMILES string of the molecule is CN(C)c1ccccc1C(=O)c1ccccc1C(F)(F)F. The predicted molar refractivity (Wildman–Crippen MR) is 75.6 cm³/mol. The number of ketones is 1. The zero-order chi connectivity index (χ0) is 15.6. The van der Waals surface area contributed by atoms with E-state index in [-0.39, 0.29) is 11.1 Å². The Labute approximate surface area is 120 Å². The summed E-state index contributed by atoms with van der Waals surface area (Å²) in [4.78, 5) is 14.2. The van der Waals surface area contributed by atoms with Crippen molar-refractivity contribution in [1.82, 2.24) is 0 Å². The summed E-state index contributed by atoms with van der Waals surface area (Å²) in [5, 5.41) is 0. The molecule has 0 aliphatic rings. The van der Waals surface area contributed by atoms with Gasteiger partial charge in [0.25, 0.3) is 0 Å². The second-order valence-electron chi connectivity index (χ2n) is 4.78. The van der Waals surface area contributed by atoms with E-state index in [0.717, 1.165) is 6.07 Å². The standard InChI is InChI=1S/C16H14F3NO/c1-20(2)14-10-6-4-8-12(14)15(21)11-7-3-5-9-13(11)16(17,18)19/h3-10H,1-2H3. The van der Waals surface area contributed by atoms with E-state index in [1.54, 1.807) is 37.2 Å². The van der Waals surface area contributed by atoms with Crippen LogP contribution in [0.15, 0.2) is 48.5 Å². The molecule has 21 heavy (non-hydrogen) atoms. The number of hydrogen-bond acceptors (Lipinski definition) is 2. The van der Waals surface area contributed by atoms with E-state index in [0.29, 0.717) is 5.69 Å². The van der Waals surface area contributed by atoms with Gasteiger partial charge in [0.2, 0.25) is 0 Å². The van der Waals surface area contributed by atoms with Gasteiger partial charge in [0.05, 0.1) is 5.56 Å². The molecule has 0 radical (unpaired) electrons. The summed E-state index contributed by atoms with van der Waals surface area (Å²) in [5.74, 6) is -0.632. The number of carbonyl (C=O) groups excluding carboxylic acids is 1. The summed E-state index contributed by atoms with van der Waals surface area (Å²) in [6.45, 7) is 0. The van der Waals surface area contributed by atoms with Crippen LogP contribution in [0.5, 0.6) is 0 Å². The second-order valence-corrected chi connectivity index (χ2v) is 4.78. The molecule has 5 heteroatoms. The smallest absolute Gasteiger partial charge is 0.377 e. The molecule has 0 amide bonds. The minimum absolute atomic E-state index is 0.249. The van der Waals surface area contributed by atoms with Gasteiger partial charge in [-0.1, -0.05) is 30.3 Å². The third-order valence-electron chi connectivity index (χ3n) is 3.11. The van der Waals surface area contributed by atoms with E-state index in [4.69, 9.17) is 0 Å². The molecule has 0 heterocycles. The number of halogens is 3. The first-order chi connectivity index (χ1) is 9.82. The van der Waals surface area contributed by atoms with Crippen LogP contribution in [0.4, 0.5) is 18.9 Å². The van der Waals surface area contributed by atoms with Gasteiger partial charge in [0.15, 0.2) is 5.78 Å². The number of anilines is 1. The van der Waals surface area contributed by atoms with Crippen molar-refractivity contribution in [3.8, 4) is 0 Å². The molecule has 2 nitrogen and oxygen atoms in total.